The smallest absolute Gasteiger partial charge is 0.271 e. The summed E-state index contributed by atoms with van der Waals surface area (Å²) in [6.45, 7) is 3.53. The Morgan fingerprint density at radius 1 is 1.59 bits per heavy atom. The highest BCUT2D eigenvalue weighted by atomic mass is 19.1. The summed E-state index contributed by atoms with van der Waals surface area (Å²) in [7, 11) is 0. The number of nitro benzene ring substituents is 1. The SMILES string of the molecule is CC[C@H](C)C(=O)Nc1cc([N+](=O)[O-])ccc1F. The van der Waals surface area contributed by atoms with Gasteiger partial charge in [-0.25, -0.2) is 4.39 Å². The lowest BCUT2D eigenvalue weighted by atomic mass is 10.1. The maximum Gasteiger partial charge on any atom is 0.271 e. The fourth-order valence-corrected chi connectivity index (χ4v) is 1.16. The fraction of sp³-hybridized carbons (Fsp3) is 0.364. The Morgan fingerprint density at radius 3 is 2.76 bits per heavy atom. The molecule has 5 nitrogen and oxygen atoms in total. The van der Waals surface area contributed by atoms with Gasteiger partial charge in [-0.05, 0) is 12.5 Å². The highest BCUT2D eigenvalue weighted by Crippen LogP contribution is 2.21. The van der Waals surface area contributed by atoms with Gasteiger partial charge < -0.3 is 5.32 Å². The van der Waals surface area contributed by atoms with E-state index in [9.17, 15) is 19.3 Å². The van der Waals surface area contributed by atoms with E-state index in [1.807, 2.05) is 6.92 Å². The van der Waals surface area contributed by atoms with Crippen LogP contribution in [0.3, 0.4) is 0 Å². The molecule has 0 radical (unpaired) electrons. The Bertz CT molecular complexity index is 448. The third kappa shape index (κ3) is 3.24. The number of benzene rings is 1. The van der Waals surface area contributed by atoms with Crippen LogP contribution in [0.25, 0.3) is 0 Å². The second-order valence-corrected chi connectivity index (χ2v) is 3.72. The summed E-state index contributed by atoms with van der Waals surface area (Å²) >= 11 is 0. The van der Waals surface area contributed by atoms with Gasteiger partial charge in [-0.15, -0.1) is 0 Å². The van der Waals surface area contributed by atoms with Gasteiger partial charge in [-0.1, -0.05) is 13.8 Å². The van der Waals surface area contributed by atoms with Crippen molar-refractivity contribution >= 4 is 17.3 Å². The lowest BCUT2D eigenvalue weighted by Crippen LogP contribution is -2.20. The van der Waals surface area contributed by atoms with E-state index < -0.39 is 10.7 Å². The molecule has 0 fully saturated rings. The van der Waals surface area contributed by atoms with Crippen LogP contribution in [0.5, 0.6) is 0 Å². The maximum absolute atomic E-state index is 13.3. The number of nitrogens with zero attached hydrogens (tertiary/aromatic N) is 1. The summed E-state index contributed by atoms with van der Waals surface area (Å²) in [6.07, 6.45) is 0.613. The van der Waals surface area contributed by atoms with Crippen molar-refractivity contribution in [1.29, 1.82) is 0 Å². The molecular weight excluding hydrogens is 227 g/mol. The summed E-state index contributed by atoms with van der Waals surface area (Å²) in [4.78, 5) is 21.4. The molecule has 17 heavy (non-hydrogen) atoms. The molecule has 0 heterocycles. The largest absolute Gasteiger partial charge is 0.323 e. The Balaban J connectivity index is 2.94. The molecule has 1 aromatic carbocycles. The standard InChI is InChI=1S/C11H13FN2O3/c1-3-7(2)11(15)13-10-6-8(14(16)17)4-5-9(10)12/h4-7H,3H2,1-2H3,(H,13,15)/t7-/m0/s1. The first-order chi connectivity index (χ1) is 7.95. The van der Waals surface area contributed by atoms with Crippen molar-refractivity contribution in [2.45, 2.75) is 20.3 Å². The van der Waals surface area contributed by atoms with Gasteiger partial charge in [0, 0.05) is 18.1 Å². The quantitative estimate of drug-likeness (QED) is 0.649. The zero-order chi connectivity index (χ0) is 13.0. The van der Waals surface area contributed by atoms with Gasteiger partial charge in [0.05, 0.1) is 10.6 Å². The zero-order valence-electron chi connectivity index (χ0n) is 9.57. The van der Waals surface area contributed by atoms with Crippen LogP contribution in [-0.4, -0.2) is 10.8 Å². The molecule has 0 saturated heterocycles. The predicted octanol–water partition coefficient (Wildman–Crippen LogP) is 2.72. The third-order valence-corrected chi connectivity index (χ3v) is 2.48. The van der Waals surface area contributed by atoms with Crippen molar-refractivity contribution in [3.63, 3.8) is 0 Å². The molecule has 1 atom stereocenters. The molecule has 0 bridgehead atoms. The number of anilines is 1. The molecule has 1 N–H and O–H groups in total. The number of rotatable bonds is 4. The minimum absolute atomic E-state index is 0.162. The molecule has 92 valence electrons. The molecule has 1 aromatic rings. The summed E-state index contributed by atoms with van der Waals surface area (Å²) < 4.78 is 13.3. The Labute approximate surface area is 97.8 Å². The highest BCUT2D eigenvalue weighted by Gasteiger charge is 2.15. The van der Waals surface area contributed by atoms with E-state index in [1.54, 1.807) is 6.92 Å². The van der Waals surface area contributed by atoms with E-state index >= 15 is 0 Å². The van der Waals surface area contributed by atoms with E-state index in [4.69, 9.17) is 0 Å². The number of nitrogens with one attached hydrogen (secondary N) is 1. The summed E-state index contributed by atoms with van der Waals surface area (Å²) in [5, 5.41) is 12.8. The molecule has 0 aliphatic heterocycles. The van der Waals surface area contributed by atoms with Crippen molar-refractivity contribution in [2.24, 2.45) is 5.92 Å². The number of non-ortho nitro benzene ring substituents is 1. The first-order valence-corrected chi connectivity index (χ1v) is 5.20. The van der Waals surface area contributed by atoms with Crippen LogP contribution in [0.15, 0.2) is 18.2 Å². The molecule has 1 rings (SSSR count). The number of carbonyl (C=O) groups is 1. The summed E-state index contributed by atoms with van der Waals surface area (Å²) in [5.41, 5.74) is -0.421. The van der Waals surface area contributed by atoms with E-state index in [-0.39, 0.29) is 23.2 Å². The molecule has 0 spiro atoms. The predicted molar refractivity (Wildman–Crippen MR) is 61.1 cm³/mol. The number of nitro groups is 1. The van der Waals surface area contributed by atoms with Crippen LogP contribution >= 0.6 is 0 Å². The van der Waals surface area contributed by atoms with Crippen LogP contribution in [0.1, 0.15) is 20.3 Å². The van der Waals surface area contributed by atoms with Crippen molar-refractivity contribution in [3.8, 4) is 0 Å². The van der Waals surface area contributed by atoms with E-state index in [1.165, 1.54) is 0 Å². The Morgan fingerprint density at radius 2 is 2.24 bits per heavy atom. The van der Waals surface area contributed by atoms with Crippen LogP contribution in [0.4, 0.5) is 15.8 Å². The topological polar surface area (TPSA) is 72.2 Å². The molecule has 6 heteroatoms. The van der Waals surface area contributed by atoms with E-state index in [0.717, 1.165) is 18.2 Å². The zero-order valence-corrected chi connectivity index (χ0v) is 9.57. The van der Waals surface area contributed by atoms with Gasteiger partial charge in [0.1, 0.15) is 5.82 Å². The monoisotopic (exact) mass is 240 g/mol. The highest BCUT2D eigenvalue weighted by molar-refractivity contribution is 5.92. The van der Waals surface area contributed by atoms with E-state index in [2.05, 4.69) is 5.32 Å². The van der Waals surface area contributed by atoms with Crippen molar-refractivity contribution in [3.05, 3.63) is 34.1 Å². The Kier molecular flexibility index (Phi) is 4.14. The molecule has 0 aliphatic rings. The normalized spacial score (nSPS) is 11.9. The molecule has 0 unspecified atom stereocenters. The van der Waals surface area contributed by atoms with Crippen LogP contribution in [0, 0.1) is 21.8 Å². The van der Waals surface area contributed by atoms with Crippen molar-refractivity contribution in [2.75, 3.05) is 5.32 Å². The van der Waals surface area contributed by atoms with Gasteiger partial charge in [-0.2, -0.15) is 0 Å². The molecule has 0 aromatic heterocycles. The van der Waals surface area contributed by atoms with Crippen molar-refractivity contribution in [1.82, 2.24) is 0 Å². The second-order valence-electron chi connectivity index (χ2n) is 3.72. The fourth-order valence-electron chi connectivity index (χ4n) is 1.16. The summed E-state index contributed by atoms with van der Waals surface area (Å²) in [5.74, 6) is -1.31. The minimum atomic E-state index is -0.688. The molecule has 1 amide bonds. The number of carbonyl (C=O) groups excluding carboxylic acids is 1. The van der Waals surface area contributed by atoms with Crippen molar-refractivity contribution < 1.29 is 14.1 Å². The number of hydrogen-bond donors (Lipinski definition) is 1. The lowest BCUT2D eigenvalue weighted by molar-refractivity contribution is -0.384. The van der Waals surface area contributed by atoms with Gasteiger partial charge >= 0.3 is 0 Å². The summed E-state index contributed by atoms with van der Waals surface area (Å²) in [6, 6.07) is 3.02. The third-order valence-electron chi connectivity index (χ3n) is 2.48. The molecule has 0 aliphatic carbocycles. The van der Waals surface area contributed by atoms with Gasteiger partial charge in [0.2, 0.25) is 5.91 Å². The first kappa shape index (κ1) is 13.1. The first-order valence-electron chi connectivity index (χ1n) is 5.20. The average Bonchev–Trinajstić information content (AvgIpc) is 2.30. The van der Waals surface area contributed by atoms with Gasteiger partial charge in [0.25, 0.3) is 5.69 Å². The van der Waals surface area contributed by atoms with Gasteiger partial charge in [0.15, 0.2) is 0 Å². The molecule has 0 saturated carbocycles. The van der Waals surface area contributed by atoms with Crippen LogP contribution < -0.4 is 5.32 Å². The minimum Gasteiger partial charge on any atom is -0.323 e. The number of hydrogen-bond acceptors (Lipinski definition) is 3. The number of halogens is 1. The van der Waals surface area contributed by atoms with Crippen LogP contribution in [0.2, 0.25) is 0 Å². The maximum atomic E-state index is 13.3. The Hall–Kier alpha value is -1.98. The molecular formula is C11H13FN2O3. The van der Waals surface area contributed by atoms with Crippen LogP contribution in [-0.2, 0) is 4.79 Å². The lowest BCUT2D eigenvalue weighted by Gasteiger charge is -2.10. The second kappa shape index (κ2) is 5.38. The average molecular weight is 240 g/mol. The van der Waals surface area contributed by atoms with Gasteiger partial charge in [-0.3, -0.25) is 14.9 Å². The number of amides is 1. The van der Waals surface area contributed by atoms with E-state index in [0.29, 0.717) is 6.42 Å².